The zero-order valence-corrected chi connectivity index (χ0v) is 11.5. The number of H-pyrrole nitrogens is 1. The Balaban J connectivity index is 2.07. The van der Waals surface area contributed by atoms with Crippen LogP contribution in [0.25, 0.3) is 0 Å². The molecule has 1 aliphatic heterocycles. The van der Waals surface area contributed by atoms with Gasteiger partial charge >= 0.3 is 0 Å². The minimum atomic E-state index is -0.0675. The van der Waals surface area contributed by atoms with Crippen molar-refractivity contribution in [1.29, 1.82) is 0 Å². The molecule has 0 spiro atoms. The van der Waals surface area contributed by atoms with Gasteiger partial charge in [0.05, 0.1) is 0 Å². The molecular formula is C12H21N5O. The van der Waals surface area contributed by atoms with Gasteiger partial charge in [-0.05, 0) is 20.0 Å². The van der Waals surface area contributed by atoms with Crippen LogP contribution in [0.15, 0.2) is 0 Å². The first kappa shape index (κ1) is 13.0. The lowest BCUT2D eigenvalue weighted by atomic mass is 10.1. The summed E-state index contributed by atoms with van der Waals surface area (Å²) < 4.78 is 0. The lowest BCUT2D eigenvalue weighted by Crippen LogP contribution is -2.36. The lowest BCUT2D eigenvalue weighted by Gasteiger charge is -2.22. The van der Waals surface area contributed by atoms with E-state index in [-0.39, 0.29) is 5.91 Å². The first-order valence-corrected chi connectivity index (χ1v) is 6.40. The van der Waals surface area contributed by atoms with Crippen molar-refractivity contribution in [2.45, 2.75) is 26.3 Å². The molecule has 2 unspecified atom stereocenters. The first-order valence-electron chi connectivity index (χ1n) is 6.40. The molecule has 1 aromatic heterocycles. The molecule has 6 nitrogen and oxygen atoms in total. The summed E-state index contributed by atoms with van der Waals surface area (Å²) in [7, 11) is 4.11. The highest BCUT2D eigenvalue weighted by atomic mass is 16.2. The summed E-state index contributed by atoms with van der Waals surface area (Å²) in [4.78, 5) is 20.5. The average Bonchev–Trinajstić information content (AvgIpc) is 2.94. The van der Waals surface area contributed by atoms with Crippen LogP contribution in [0.3, 0.4) is 0 Å². The van der Waals surface area contributed by atoms with E-state index in [1.165, 1.54) is 0 Å². The molecule has 1 aliphatic rings. The summed E-state index contributed by atoms with van der Waals surface area (Å²) >= 11 is 0. The molecule has 0 saturated carbocycles. The molecule has 1 N–H and O–H groups in total. The van der Waals surface area contributed by atoms with Crippen LogP contribution in [-0.4, -0.2) is 64.1 Å². The summed E-state index contributed by atoms with van der Waals surface area (Å²) in [5.41, 5.74) is 0. The van der Waals surface area contributed by atoms with Crippen LogP contribution in [0.5, 0.6) is 0 Å². The fourth-order valence-electron chi connectivity index (χ4n) is 2.48. The monoisotopic (exact) mass is 251 g/mol. The third-order valence-corrected chi connectivity index (χ3v) is 3.58. The Kier molecular flexibility index (Phi) is 3.65. The zero-order chi connectivity index (χ0) is 13.3. The van der Waals surface area contributed by atoms with E-state index in [1.807, 2.05) is 11.8 Å². The molecule has 1 saturated heterocycles. The molecule has 1 fully saturated rings. The van der Waals surface area contributed by atoms with E-state index in [2.05, 4.69) is 41.1 Å². The topological polar surface area (TPSA) is 65.1 Å². The van der Waals surface area contributed by atoms with Crippen molar-refractivity contribution < 1.29 is 4.79 Å². The summed E-state index contributed by atoms with van der Waals surface area (Å²) in [5, 5.41) is 6.77. The second-order valence-corrected chi connectivity index (χ2v) is 5.18. The van der Waals surface area contributed by atoms with Crippen LogP contribution in [0, 0.1) is 5.92 Å². The second kappa shape index (κ2) is 5.06. The van der Waals surface area contributed by atoms with E-state index in [9.17, 15) is 4.79 Å². The summed E-state index contributed by atoms with van der Waals surface area (Å²) in [6.07, 6.45) is 0.761. The normalized spacial score (nSPS) is 23.9. The number of rotatable bonds is 3. The Bertz CT molecular complexity index is 428. The van der Waals surface area contributed by atoms with E-state index < -0.39 is 0 Å². The molecule has 100 valence electrons. The van der Waals surface area contributed by atoms with Gasteiger partial charge in [0.1, 0.15) is 5.82 Å². The van der Waals surface area contributed by atoms with Crippen LogP contribution in [0.4, 0.5) is 0 Å². The fraction of sp³-hybridized carbons (Fsp3) is 0.750. The van der Waals surface area contributed by atoms with Crippen LogP contribution >= 0.6 is 0 Å². The molecule has 0 aromatic carbocycles. The van der Waals surface area contributed by atoms with Crippen molar-refractivity contribution in [3.05, 3.63) is 11.6 Å². The van der Waals surface area contributed by atoms with Crippen molar-refractivity contribution >= 4 is 5.91 Å². The average molecular weight is 251 g/mol. The van der Waals surface area contributed by atoms with Crippen molar-refractivity contribution in [2.75, 3.05) is 27.2 Å². The molecule has 0 aliphatic carbocycles. The molecule has 18 heavy (non-hydrogen) atoms. The third-order valence-electron chi connectivity index (χ3n) is 3.58. The van der Waals surface area contributed by atoms with Gasteiger partial charge in [0, 0.05) is 25.6 Å². The number of carbonyl (C=O) groups excluding carboxylic acids is 1. The highest BCUT2D eigenvalue weighted by molar-refractivity contribution is 5.90. The molecule has 0 bridgehead atoms. The van der Waals surface area contributed by atoms with Gasteiger partial charge in [0.15, 0.2) is 0 Å². The maximum absolute atomic E-state index is 12.3. The number of nitrogens with one attached hydrogen (secondary N) is 1. The molecule has 0 radical (unpaired) electrons. The third kappa shape index (κ3) is 2.38. The predicted molar refractivity (Wildman–Crippen MR) is 68.3 cm³/mol. The van der Waals surface area contributed by atoms with Crippen molar-refractivity contribution in [1.82, 2.24) is 25.0 Å². The molecule has 1 aromatic rings. The highest BCUT2D eigenvalue weighted by Gasteiger charge is 2.35. The number of amides is 1. The Hall–Kier alpha value is -1.43. The summed E-state index contributed by atoms with van der Waals surface area (Å²) in [6, 6.07) is 0.415. The summed E-state index contributed by atoms with van der Waals surface area (Å²) in [5.74, 6) is 1.46. The first-order chi connectivity index (χ1) is 8.52. The zero-order valence-electron chi connectivity index (χ0n) is 11.5. The van der Waals surface area contributed by atoms with E-state index in [0.717, 1.165) is 25.3 Å². The fourth-order valence-corrected chi connectivity index (χ4v) is 2.48. The van der Waals surface area contributed by atoms with Gasteiger partial charge in [-0.3, -0.25) is 9.89 Å². The van der Waals surface area contributed by atoms with Gasteiger partial charge < -0.3 is 9.80 Å². The maximum atomic E-state index is 12.3. The number of likely N-dealkylation sites (N-methyl/N-ethyl adjacent to an activating group) is 1. The molecule has 1 amide bonds. The van der Waals surface area contributed by atoms with E-state index in [4.69, 9.17) is 0 Å². The van der Waals surface area contributed by atoms with Gasteiger partial charge in [0.2, 0.25) is 5.82 Å². The number of aryl methyl sites for hydroxylation is 1. The van der Waals surface area contributed by atoms with Gasteiger partial charge in [0.25, 0.3) is 5.91 Å². The molecule has 2 atom stereocenters. The number of likely N-dealkylation sites (tertiary alicyclic amines) is 1. The largest absolute Gasteiger partial charge is 0.334 e. The Labute approximate surface area is 107 Å². The molecule has 2 heterocycles. The number of hydrogen-bond acceptors (Lipinski definition) is 4. The van der Waals surface area contributed by atoms with Crippen molar-refractivity contribution in [2.24, 2.45) is 5.92 Å². The van der Waals surface area contributed by atoms with Gasteiger partial charge in [-0.2, -0.15) is 0 Å². The molecule has 2 rings (SSSR count). The minimum Gasteiger partial charge on any atom is -0.334 e. The van der Waals surface area contributed by atoms with Gasteiger partial charge in [-0.1, -0.05) is 13.8 Å². The Morgan fingerprint density at radius 1 is 1.50 bits per heavy atom. The van der Waals surface area contributed by atoms with Crippen LogP contribution in [0.1, 0.15) is 30.3 Å². The Morgan fingerprint density at radius 3 is 2.72 bits per heavy atom. The number of hydrogen-bond donors (Lipinski definition) is 1. The molecular weight excluding hydrogens is 230 g/mol. The number of aromatic nitrogens is 3. The van der Waals surface area contributed by atoms with Gasteiger partial charge in [-0.15, -0.1) is 5.10 Å². The molecule has 6 heteroatoms. The summed E-state index contributed by atoms with van der Waals surface area (Å²) in [6.45, 7) is 5.68. The van der Waals surface area contributed by atoms with Crippen LogP contribution < -0.4 is 0 Å². The number of carbonyl (C=O) groups is 1. The number of nitrogens with zero attached hydrogens (tertiary/aromatic N) is 4. The smallest absolute Gasteiger partial charge is 0.293 e. The van der Waals surface area contributed by atoms with E-state index >= 15 is 0 Å². The van der Waals surface area contributed by atoms with Crippen molar-refractivity contribution in [3.63, 3.8) is 0 Å². The van der Waals surface area contributed by atoms with E-state index in [0.29, 0.717) is 17.8 Å². The maximum Gasteiger partial charge on any atom is 0.293 e. The standard InChI is InChI=1S/C12H21N5O/c1-5-10-13-11(15-14-10)12(18)17-6-8(2)9(7-17)16(3)4/h8-9H,5-7H2,1-4H3,(H,13,14,15). The second-order valence-electron chi connectivity index (χ2n) is 5.18. The lowest BCUT2D eigenvalue weighted by molar-refractivity contribution is 0.0769. The van der Waals surface area contributed by atoms with E-state index in [1.54, 1.807) is 0 Å². The minimum absolute atomic E-state index is 0.0675. The van der Waals surface area contributed by atoms with Crippen LogP contribution in [0.2, 0.25) is 0 Å². The highest BCUT2D eigenvalue weighted by Crippen LogP contribution is 2.21. The Morgan fingerprint density at radius 2 is 2.22 bits per heavy atom. The van der Waals surface area contributed by atoms with Crippen molar-refractivity contribution in [3.8, 4) is 0 Å². The van der Waals surface area contributed by atoms with Crippen LogP contribution in [-0.2, 0) is 6.42 Å². The SMILES string of the molecule is CCc1nc(C(=O)N2CC(C)C(N(C)C)C2)n[nH]1. The predicted octanol–water partition coefficient (Wildman–Crippen LogP) is 0.389. The quantitative estimate of drug-likeness (QED) is 0.844. The van der Waals surface area contributed by atoms with Gasteiger partial charge in [-0.25, -0.2) is 4.98 Å². The number of aromatic amines is 1.